The zero-order chi connectivity index (χ0) is 14.1. The average Bonchev–Trinajstić information content (AvgIpc) is 2.42. The molecule has 1 aromatic rings. The highest BCUT2D eigenvalue weighted by molar-refractivity contribution is 7.89. The van der Waals surface area contributed by atoms with E-state index in [1.807, 2.05) is 6.07 Å². The number of methoxy groups -OCH3 is 1. The molecule has 1 N–H and O–H groups in total. The first kappa shape index (κ1) is 15.6. The molecule has 6 nitrogen and oxygen atoms in total. The summed E-state index contributed by atoms with van der Waals surface area (Å²) < 4.78 is 36.2. The van der Waals surface area contributed by atoms with Crippen LogP contribution in [0.4, 0.5) is 0 Å². The standard InChI is InChI=1S/C12H16N2O4S/c1-17-8-9-18-7-6-14-19(15,16)12-5-3-2-4-11(12)10-13/h2-5,14H,6-9H2,1H3. The van der Waals surface area contributed by atoms with Crippen LogP contribution in [0.15, 0.2) is 29.2 Å². The molecule has 0 heterocycles. The fourth-order valence-electron chi connectivity index (χ4n) is 1.36. The zero-order valence-electron chi connectivity index (χ0n) is 10.6. The van der Waals surface area contributed by atoms with Crippen molar-refractivity contribution in [1.82, 2.24) is 4.72 Å². The number of nitriles is 1. The summed E-state index contributed by atoms with van der Waals surface area (Å²) in [5.74, 6) is 0. The van der Waals surface area contributed by atoms with Crippen LogP contribution in [0.1, 0.15) is 5.56 Å². The molecular weight excluding hydrogens is 268 g/mol. The summed E-state index contributed by atoms with van der Waals surface area (Å²) in [7, 11) is -2.12. The van der Waals surface area contributed by atoms with Crippen molar-refractivity contribution in [2.24, 2.45) is 0 Å². The summed E-state index contributed by atoms with van der Waals surface area (Å²) in [4.78, 5) is -0.0191. The summed E-state index contributed by atoms with van der Waals surface area (Å²) >= 11 is 0. The monoisotopic (exact) mass is 284 g/mol. The predicted octanol–water partition coefficient (Wildman–Crippen LogP) is 0.500. The van der Waals surface area contributed by atoms with Crippen LogP contribution in [-0.2, 0) is 19.5 Å². The maximum Gasteiger partial charge on any atom is 0.241 e. The Morgan fingerprint density at radius 1 is 1.26 bits per heavy atom. The Kier molecular flexibility index (Phi) is 6.45. The number of sulfonamides is 1. The summed E-state index contributed by atoms with van der Waals surface area (Å²) in [5.41, 5.74) is 0.121. The molecule has 0 fully saturated rings. The molecule has 7 heteroatoms. The third kappa shape index (κ3) is 4.96. The normalized spacial score (nSPS) is 11.2. The van der Waals surface area contributed by atoms with Crippen LogP contribution in [0.5, 0.6) is 0 Å². The summed E-state index contributed by atoms with van der Waals surface area (Å²) in [6.45, 7) is 1.26. The third-order valence-electron chi connectivity index (χ3n) is 2.27. The summed E-state index contributed by atoms with van der Waals surface area (Å²) in [5, 5.41) is 8.87. The predicted molar refractivity (Wildman–Crippen MR) is 69.0 cm³/mol. The highest BCUT2D eigenvalue weighted by Gasteiger charge is 2.17. The number of hydrogen-bond acceptors (Lipinski definition) is 5. The van der Waals surface area contributed by atoms with Gasteiger partial charge in [0, 0.05) is 13.7 Å². The van der Waals surface area contributed by atoms with Crippen molar-refractivity contribution in [3.63, 3.8) is 0 Å². The smallest absolute Gasteiger partial charge is 0.241 e. The number of benzene rings is 1. The van der Waals surface area contributed by atoms with Gasteiger partial charge in [0.1, 0.15) is 6.07 Å². The van der Waals surface area contributed by atoms with Gasteiger partial charge < -0.3 is 9.47 Å². The lowest BCUT2D eigenvalue weighted by atomic mass is 10.2. The molecule has 0 radical (unpaired) electrons. The highest BCUT2D eigenvalue weighted by Crippen LogP contribution is 2.13. The fraction of sp³-hybridized carbons (Fsp3) is 0.417. The van der Waals surface area contributed by atoms with Gasteiger partial charge in [-0.2, -0.15) is 5.26 Å². The number of ether oxygens (including phenoxy) is 2. The second kappa shape index (κ2) is 7.86. The van der Waals surface area contributed by atoms with Gasteiger partial charge in [-0.25, -0.2) is 13.1 Å². The third-order valence-corrected chi connectivity index (χ3v) is 3.79. The van der Waals surface area contributed by atoms with Gasteiger partial charge in [0.05, 0.1) is 30.3 Å². The van der Waals surface area contributed by atoms with Crippen molar-refractivity contribution >= 4 is 10.0 Å². The highest BCUT2D eigenvalue weighted by atomic mass is 32.2. The molecule has 19 heavy (non-hydrogen) atoms. The Labute approximate surface area is 113 Å². The Hall–Kier alpha value is -1.46. The first-order valence-corrected chi connectivity index (χ1v) is 7.15. The van der Waals surface area contributed by atoms with E-state index in [-0.39, 0.29) is 23.6 Å². The van der Waals surface area contributed by atoms with Crippen LogP contribution in [0, 0.1) is 11.3 Å². The number of nitrogens with zero attached hydrogens (tertiary/aromatic N) is 1. The van der Waals surface area contributed by atoms with Crippen LogP contribution < -0.4 is 4.72 Å². The minimum Gasteiger partial charge on any atom is -0.382 e. The maximum absolute atomic E-state index is 12.0. The van der Waals surface area contributed by atoms with Crippen molar-refractivity contribution < 1.29 is 17.9 Å². The van der Waals surface area contributed by atoms with Gasteiger partial charge in [-0.1, -0.05) is 12.1 Å². The fourth-order valence-corrected chi connectivity index (χ4v) is 2.53. The minimum atomic E-state index is -3.68. The topological polar surface area (TPSA) is 88.4 Å². The lowest BCUT2D eigenvalue weighted by Crippen LogP contribution is -2.28. The second-order valence-electron chi connectivity index (χ2n) is 3.61. The zero-order valence-corrected chi connectivity index (χ0v) is 11.4. The van der Waals surface area contributed by atoms with E-state index in [4.69, 9.17) is 14.7 Å². The van der Waals surface area contributed by atoms with Crippen molar-refractivity contribution in [3.8, 4) is 6.07 Å². The molecule has 0 saturated heterocycles. The number of hydrogen-bond donors (Lipinski definition) is 1. The molecule has 1 rings (SSSR count). The number of nitrogens with one attached hydrogen (secondary N) is 1. The molecule has 0 bridgehead atoms. The second-order valence-corrected chi connectivity index (χ2v) is 5.35. The van der Waals surface area contributed by atoms with E-state index < -0.39 is 10.0 Å². The SMILES string of the molecule is COCCOCCNS(=O)(=O)c1ccccc1C#N. The van der Waals surface area contributed by atoms with Gasteiger partial charge in [-0.3, -0.25) is 0 Å². The molecule has 0 spiro atoms. The van der Waals surface area contributed by atoms with E-state index in [0.717, 1.165) is 0 Å². The average molecular weight is 284 g/mol. The molecule has 0 amide bonds. The molecular formula is C12H16N2O4S. The molecule has 0 aliphatic carbocycles. The lowest BCUT2D eigenvalue weighted by molar-refractivity contribution is 0.0736. The van der Waals surface area contributed by atoms with E-state index in [2.05, 4.69) is 4.72 Å². The van der Waals surface area contributed by atoms with Gasteiger partial charge in [0.15, 0.2) is 0 Å². The van der Waals surface area contributed by atoms with E-state index >= 15 is 0 Å². The molecule has 104 valence electrons. The van der Waals surface area contributed by atoms with Crippen molar-refractivity contribution in [2.45, 2.75) is 4.90 Å². The first-order chi connectivity index (χ1) is 9.11. The molecule has 0 aliphatic rings. The maximum atomic E-state index is 12.0. The summed E-state index contributed by atoms with van der Waals surface area (Å²) in [6.07, 6.45) is 0. The van der Waals surface area contributed by atoms with Gasteiger partial charge in [-0.15, -0.1) is 0 Å². The van der Waals surface area contributed by atoms with Gasteiger partial charge >= 0.3 is 0 Å². The van der Waals surface area contributed by atoms with E-state index in [1.165, 1.54) is 12.1 Å². The molecule has 0 atom stereocenters. The van der Waals surface area contributed by atoms with Crippen LogP contribution in [-0.4, -0.2) is 41.9 Å². The van der Waals surface area contributed by atoms with Crippen LogP contribution in [0.2, 0.25) is 0 Å². The quantitative estimate of drug-likeness (QED) is 0.702. The van der Waals surface area contributed by atoms with Gasteiger partial charge in [0.2, 0.25) is 10.0 Å². The van der Waals surface area contributed by atoms with Gasteiger partial charge in [0.25, 0.3) is 0 Å². The van der Waals surface area contributed by atoms with Crippen LogP contribution in [0.25, 0.3) is 0 Å². The molecule has 0 aliphatic heterocycles. The number of rotatable bonds is 8. The molecule has 0 aromatic heterocycles. The Balaban J connectivity index is 2.55. The van der Waals surface area contributed by atoms with Crippen LogP contribution in [0.3, 0.4) is 0 Å². The van der Waals surface area contributed by atoms with E-state index in [0.29, 0.717) is 13.2 Å². The minimum absolute atomic E-state index is 0.0191. The molecule has 0 saturated carbocycles. The Morgan fingerprint density at radius 3 is 2.68 bits per heavy atom. The lowest BCUT2D eigenvalue weighted by Gasteiger charge is -2.08. The Morgan fingerprint density at radius 2 is 2.00 bits per heavy atom. The van der Waals surface area contributed by atoms with E-state index in [9.17, 15) is 8.42 Å². The first-order valence-electron chi connectivity index (χ1n) is 5.67. The Bertz CT molecular complexity index is 537. The molecule has 1 aromatic carbocycles. The van der Waals surface area contributed by atoms with Crippen molar-refractivity contribution in [3.05, 3.63) is 29.8 Å². The van der Waals surface area contributed by atoms with Crippen molar-refractivity contribution in [1.29, 1.82) is 5.26 Å². The van der Waals surface area contributed by atoms with E-state index in [1.54, 1.807) is 19.2 Å². The van der Waals surface area contributed by atoms with Gasteiger partial charge in [-0.05, 0) is 12.1 Å². The van der Waals surface area contributed by atoms with Crippen LogP contribution >= 0.6 is 0 Å². The molecule has 0 unspecified atom stereocenters. The summed E-state index contributed by atoms with van der Waals surface area (Å²) in [6, 6.07) is 7.90. The largest absolute Gasteiger partial charge is 0.382 e. The van der Waals surface area contributed by atoms with Crippen molar-refractivity contribution in [2.75, 3.05) is 33.5 Å².